The molecule has 0 fully saturated rings. The van der Waals surface area contributed by atoms with Crippen molar-refractivity contribution in [3.8, 4) is 0 Å². The van der Waals surface area contributed by atoms with Crippen LogP contribution in [0.15, 0.2) is 12.2 Å². The topological polar surface area (TPSA) is 110 Å². The number of phosphoric ester groups is 1. The molecule has 82 valence electrons. The van der Waals surface area contributed by atoms with Gasteiger partial charge in [0.15, 0.2) is 0 Å². The van der Waals surface area contributed by atoms with Crippen molar-refractivity contribution in [3.63, 3.8) is 0 Å². The second-order valence-electron chi connectivity index (χ2n) is 3.06. The van der Waals surface area contributed by atoms with E-state index in [9.17, 15) is 9.36 Å². The first-order valence-corrected chi connectivity index (χ1v) is 5.43. The molecular weight excluding hydrogens is 209 g/mol. The summed E-state index contributed by atoms with van der Waals surface area (Å²) in [5, 5.41) is 0. The first kappa shape index (κ1) is 13.3. The van der Waals surface area contributed by atoms with Gasteiger partial charge in [0.1, 0.15) is 0 Å². The Kier molecular flexibility index (Phi) is 5.01. The maximum absolute atomic E-state index is 10.6. The Hall–Kier alpha value is -0.680. The van der Waals surface area contributed by atoms with E-state index in [-0.39, 0.29) is 24.5 Å². The van der Waals surface area contributed by atoms with Crippen LogP contribution in [0.3, 0.4) is 0 Å². The van der Waals surface area contributed by atoms with Crippen LogP contribution >= 0.6 is 7.82 Å². The highest BCUT2D eigenvalue weighted by Gasteiger charge is 2.17. The molecule has 7 heteroatoms. The maximum atomic E-state index is 10.6. The van der Waals surface area contributed by atoms with Crippen LogP contribution in [0.4, 0.5) is 0 Å². The largest absolute Gasteiger partial charge is 0.469 e. The quantitative estimate of drug-likeness (QED) is 0.439. The Morgan fingerprint density at radius 2 is 2.14 bits per heavy atom. The highest BCUT2D eigenvalue weighted by atomic mass is 31.2. The molecule has 1 amide bonds. The van der Waals surface area contributed by atoms with Crippen molar-refractivity contribution in [1.29, 1.82) is 0 Å². The summed E-state index contributed by atoms with van der Waals surface area (Å²) >= 11 is 0. The molecule has 4 N–H and O–H groups in total. The van der Waals surface area contributed by atoms with Crippen molar-refractivity contribution >= 4 is 13.7 Å². The van der Waals surface area contributed by atoms with Gasteiger partial charge in [-0.05, 0) is 12.3 Å². The Morgan fingerprint density at radius 1 is 1.64 bits per heavy atom. The molecule has 0 aliphatic carbocycles. The number of primary amides is 1. The molecule has 0 saturated heterocycles. The fourth-order valence-electron chi connectivity index (χ4n) is 0.804. The predicted molar refractivity (Wildman–Crippen MR) is 50.1 cm³/mol. The van der Waals surface area contributed by atoms with Crippen LogP contribution in [-0.4, -0.2) is 22.3 Å². The normalized spacial score (nSPS) is 13.6. The van der Waals surface area contributed by atoms with Gasteiger partial charge >= 0.3 is 7.82 Å². The van der Waals surface area contributed by atoms with E-state index in [0.29, 0.717) is 0 Å². The standard InChI is InChI=1S/C7H14NO5P/c1-5(3-6(2)7(8)9)4-13-14(10,11)12/h5H,2-4H2,1H3,(H2,8,9)(H2,10,11,12). The molecule has 14 heavy (non-hydrogen) atoms. The summed E-state index contributed by atoms with van der Waals surface area (Å²) in [6, 6.07) is 0. The average molecular weight is 223 g/mol. The summed E-state index contributed by atoms with van der Waals surface area (Å²) in [7, 11) is -4.43. The zero-order valence-electron chi connectivity index (χ0n) is 7.84. The zero-order valence-corrected chi connectivity index (χ0v) is 8.74. The lowest BCUT2D eigenvalue weighted by Gasteiger charge is -2.12. The number of hydrogen-bond donors (Lipinski definition) is 3. The fraction of sp³-hybridized carbons (Fsp3) is 0.571. The van der Waals surface area contributed by atoms with Crippen LogP contribution in [0.1, 0.15) is 13.3 Å². The molecule has 1 atom stereocenters. The third-order valence-corrected chi connectivity index (χ3v) is 1.96. The van der Waals surface area contributed by atoms with Gasteiger partial charge < -0.3 is 15.5 Å². The third kappa shape index (κ3) is 6.80. The summed E-state index contributed by atoms with van der Waals surface area (Å²) in [5.41, 5.74) is 5.15. The van der Waals surface area contributed by atoms with Gasteiger partial charge in [-0.25, -0.2) is 4.57 Å². The molecule has 0 aliphatic rings. The number of amides is 1. The summed E-state index contributed by atoms with van der Waals surface area (Å²) in [4.78, 5) is 27.3. The number of hydrogen-bond acceptors (Lipinski definition) is 3. The van der Waals surface area contributed by atoms with Crippen LogP contribution in [0.2, 0.25) is 0 Å². The van der Waals surface area contributed by atoms with Crippen molar-refractivity contribution in [2.45, 2.75) is 13.3 Å². The first-order chi connectivity index (χ1) is 6.22. The van der Waals surface area contributed by atoms with E-state index in [1.807, 2.05) is 0 Å². The highest BCUT2D eigenvalue weighted by Crippen LogP contribution is 2.36. The van der Waals surface area contributed by atoms with Crippen LogP contribution < -0.4 is 5.73 Å². The molecule has 0 heterocycles. The second kappa shape index (κ2) is 5.26. The summed E-state index contributed by atoms with van der Waals surface area (Å²) in [6.07, 6.45) is 0.259. The molecule has 0 aliphatic heterocycles. The molecule has 0 aromatic carbocycles. The van der Waals surface area contributed by atoms with Crippen molar-refractivity contribution in [2.75, 3.05) is 6.61 Å². The molecular formula is C7H14NO5P. The summed E-state index contributed by atoms with van der Waals surface area (Å²) < 4.78 is 14.6. The van der Waals surface area contributed by atoms with Crippen LogP contribution in [-0.2, 0) is 13.9 Å². The van der Waals surface area contributed by atoms with E-state index < -0.39 is 13.7 Å². The van der Waals surface area contributed by atoms with Crippen molar-refractivity contribution in [1.82, 2.24) is 0 Å². The van der Waals surface area contributed by atoms with E-state index in [1.165, 1.54) is 0 Å². The number of rotatable bonds is 6. The smallest absolute Gasteiger partial charge is 0.366 e. The lowest BCUT2D eigenvalue weighted by atomic mass is 10.0. The third-order valence-electron chi connectivity index (χ3n) is 1.47. The van der Waals surface area contributed by atoms with Crippen molar-refractivity contribution < 1.29 is 23.7 Å². The van der Waals surface area contributed by atoms with E-state index in [0.717, 1.165) is 0 Å². The van der Waals surface area contributed by atoms with Crippen molar-refractivity contribution in [3.05, 3.63) is 12.2 Å². The minimum absolute atomic E-state index is 0.142. The SMILES string of the molecule is C=C(CC(C)COP(=O)(O)O)C(N)=O. The highest BCUT2D eigenvalue weighted by molar-refractivity contribution is 7.46. The Bertz CT molecular complexity index is 271. The van der Waals surface area contributed by atoms with E-state index in [1.54, 1.807) is 6.92 Å². The Labute approximate surface area is 82.0 Å². The van der Waals surface area contributed by atoms with Gasteiger partial charge in [0.05, 0.1) is 6.61 Å². The second-order valence-corrected chi connectivity index (χ2v) is 4.30. The minimum Gasteiger partial charge on any atom is -0.366 e. The molecule has 0 bridgehead atoms. The number of phosphoric acid groups is 1. The Balaban J connectivity index is 3.88. The molecule has 0 aromatic rings. The zero-order chi connectivity index (χ0) is 11.4. The fourth-order valence-corrected chi connectivity index (χ4v) is 1.25. The summed E-state index contributed by atoms with van der Waals surface area (Å²) in [5.74, 6) is -0.837. The van der Waals surface area contributed by atoms with Crippen molar-refractivity contribution in [2.24, 2.45) is 11.7 Å². The number of carbonyl (C=O) groups excluding carboxylic acids is 1. The van der Waals surface area contributed by atoms with Gasteiger partial charge in [-0.1, -0.05) is 13.5 Å². The minimum atomic E-state index is -4.43. The van der Waals surface area contributed by atoms with Crippen LogP contribution in [0.25, 0.3) is 0 Å². The van der Waals surface area contributed by atoms with Gasteiger partial charge in [-0.3, -0.25) is 9.32 Å². The molecule has 6 nitrogen and oxygen atoms in total. The van der Waals surface area contributed by atoms with Gasteiger partial charge in [-0.15, -0.1) is 0 Å². The summed E-state index contributed by atoms with van der Waals surface area (Å²) in [6.45, 7) is 4.94. The molecule has 0 radical (unpaired) electrons. The molecule has 0 saturated carbocycles. The predicted octanol–water partition coefficient (Wildman–Crippen LogP) is 0.163. The lowest BCUT2D eigenvalue weighted by Crippen LogP contribution is -2.16. The van der Waals surface area contributed by atoms with E-state index in [4.69, 9.17) is 15.5 Å². The number of nitrogens with two attached hydrogens (primary N) is 1. The number of carbonyl (C=O) groups is 1. The molecule has 0 rings (SSSR count). The van der Waals surface area contributed by atoms with Gasteiger partial charge in [0.25, 0.3) is 0 Å². The monoisotopic (exact) mass is 223 g/mol. The van der Waals surface area contributed by atoms with E-state index in [2.05, 4.69) is 11.1 Å². The van der Waals surface area contributed by atoms with Crippen LogP contribution in [0.5, 0.6) is 0 Å². The maximum Gasteiger partial charge on any atom is 0.469 e. The molecule has 1 unspecified atom stereocenters. The Morgan fingerprint density at radius 3 is 2.50 bits per heavy atom. The van der Waals surface area contributed by atoms with Gasteiger partial charge in [0.2, 0.25) is 5.91 Å². The average Bonchev–Trinajstić information content (AvgIpc) is 1.99. The molecule has 0 spiro atoms. The lowest BCUT2D eigenvalue weighted by molar-refractivity contribution is -0.114. The molecule has 0 aromatic heterocycles. The van der Waals surface area contributed by atoms with Gasteiger partial charge in [-0.2, -0.15) is 0 Å². The van der Waals surface area contributed by atoms with Gasteiger partial charge in [0, 0.05) is 5.57 Å². The van der Waals surface area contributed by atoms with E-state index >= 15 is 0 Å². The first-order valence-electron chi connectivity index (χ1n) is 3.90. The van der Waals surface area contributed by atoms with Crippen LogP contribution in [0, 0.1) is 5.92 Å².